The Morgan fingerprint density at radius 1 is 1.05 bits per heavy atom. The largest absolute Gasteiger partial charge is 0.379 e. The van der Waals surface area contributed by atoms with Crippen LogP contribution in [-0.4, -0.2) is 49.3 Å². The molecule has 2 heterocycles. The van der Waals surface area contributed by atoms with Crippen LogP contribution in [0.1, 0.15) is 0 Å². The van der Waals surface area contributed by atoms with E-state index in [2.05, 4.69) is 21.3 Å². The van der Waals surface area contributed by atoms with Crippen LogP contribution in [0.5, 0.6) is 0 Å². The predicted octanol–water partition coefficient (Wildman–Crippen LogP) is 3.15. The summed E-state index contributed by atoms with van der Waals surface area (Å²) < 4.78 is 5.34. The Balaban J connectivity index is 1.51. The lowest BCUT2D eigenvalue weighted by molar-refractivity contribution is 0.0398. The Morgan fingerprint density at radius 3 is 2.45 bits per heavy atom. The number of halogens is 1. The molecule has 1 aliphatic rings. The third kappa shape index (κ3) is 4.19. The molecule has 0 radical (unpaired) electrons. The Bertz CT molecular complexity index is 580. The number of benzene rings is 1. The second-order valence-corrected chi connectivity index (χ2v) is 5.76. The SMILES string of the molecule is Clc1ccc(-c2ccc(NCCN3CCOCC3)nc2)cc1. The van der Waals surface area contributed by atoms with Gasteiger partial charge in [0.1, 0.15) is 5.82 Å². The van der Waals surface area contributed by atoms with E-state index >= 15 is 0 Å². The molecule has 5 heteroatoms. The molecule has 0 aliphatic carbocycles. The van der Waals surface area contributed by atoms with Crippen LogP contribution in [0.4, 0.5) is 5.82 Å². The first-order valence-electron chi connectivity index (χ1n) is 7.57. The summed E-state index contributed by atoms with van der Waals surface area (Å²) in [6.07, 6.45) is 1.89. The van der Waals surface area contributed by atoms with E-state index < -0.39 is 0 Å². The van der Waals surface area contributed by atoms with Crippen molar-refractivity contribution in [3.05, 3.63) is 47.6 Å². The van der Waals surface area contributed by atoms with Gasteiger partial charge in [0, 0.05) is 43.0 Å². The third-order valence-electron chi connectivity index (χ3n) is 3.78. The standard InChI is InChI=1S/C17H20ClN3O/c18-16-4-1-14(2-5-16)15-3-6-17(20-13-15)19-7-8-21-9-11-22-12-10-21/h1-6,13H,7-12H2,(H,19,20). The average Bonchev–Trinajstić information content (AvgIpc) is 2.57. The lowest BCUT2D eigenvalue weighted by Crippen LogP contribution is -2.39. The molecular formula is C17H20ClN3O. The first kappa shape index (κ1) is 15.3. The van der Waals surface area contributed by atoms with Crippen LogP contribution in [0.2, 0.25) is 5.02 Å². The number of hydrogen-bond donors (Lipinski definition) is 1. The Hall–Kier alpha value is -1.62. The number of morpholine rings is 1. The molecule has 0 bridgehead atoms. The zero-order chi connectivity index (χ0) is 15.2. The maximum absolute atomic E-state index is 5.91. The van der Waals surface area contributed by atoms with Gasteiger partial charge in [-0.25, -0.2) is 4.98 Å². The van der Waals surface area contributed by atoms with E-state index in [-0.39, 0.29) is 0 Å². The van der Waals surface area contributed by atoms with Crippen molar-refractivity contribution in [2.24, 2.45) is 0 Å². The normalized spacial score (nSPS) is 15.7. The maximum Gasteiger partial charge on any atom is 0.125 e. The molecule has 22 heavy (non-hydrogen) atoms. The molecule has 1 N–H and O–H groups in total. The molecule has 1 aromatic heterocycles. The minimum absolute atomic E-state index is 0.748. The topological polar surface area (TPSA) is 37.4 Å². The van der Waals surface area contributed by atoms with Gasteiger partial charge in [-0.1, -0.05) is 23.7 Å². The van der Waals surface area contributed by atoms with Crippen LogP contribution in [0.15, 0.2) is 42.6 Å². The van der Waals surface area contributed by atoms with Crippen molar-refractivity contribution in [2.75, 3.05) is 44.7 Å². The van der Waals surface area contributed by atoms with Gasteiger partial charge in [0.05, 0.1) is 13.2 Å². The fourth-order valence-electron chi connectivity index (χ4n) is 2.48. The molecule has 4 nitrogen and oxygen atoms in total. The van der Waals surface area contributed by atoms with E-state index in [1.807, 2.05) is 36.5 Å². The Labute approximate surface area is 136 Å². The molecule has 1 fully saturated rings. The summed E-state index contributed by atoms with van der Waals surface area (Å²) in [5, 5.41) is 4.11. The van der Waals surface area contributed by atoms with Gasteiger partial charge in [-0.15, -0.1) is 0 Å². The van der Waals surface area contributed by atoms with Gasteiger partial charge >= 0.3 is 0 Å². The quantitative estimate of drug-likeness (QED) is 0.919. The minimum Gasteiger partial charge on any atom is -0.379 e. The van der Waals surface area contributed by atoms with E-state index in [9.17, 15) is 0 Å². The van der Waals surface area contributed by atoms with Crippen molar-refractivity contribution < 1.29 is 4.74 Å². The smallest absolute Gasteiger partial charge is 0.125 e. The predicted molar refractivity (Wildman–Crippen MR) is 90.4 cm³/mol. The lowest BCUT2D eigenvalue weighted by Gasteiger charge is -2.26. The second-order valence-electron chi connectivity index (χ2n) is 5.32. The highest BCUT2D eigenvalue weighted by Gasteiger charge is 2.09. The number of nitrogens with one attached hydrogen (secondary N) is 1. The van der Waals surface area contributed by atoms with E-state index in [0.29, 0.717) is 0 Å². The third-order valence-corrected chi connectivity index (χ3v) is 4.03. The molecule has 0 amide bonds. The number of ether oxygens (including phenoxy) is 1. The highest BCUT2D eigenvalue weighted by atomic mass is 35.5. The molecule has 1 aromatic carbocycles. The summed E-state index contributed by atoms with van der Waals surface area (Å²) in [5.74, 6) is 0.908. The van der Waals surface area contributed by atoms with E-state index in [0.717, 1.165) is 61.4 Å². The zero-order valence-corrected chi connectivity index (χ0v) is 13.2. The molecule has 0 saturated carbocycles. The Kier molecular flexibility index (Phi) is 5.27. The van der Waals surface area contributed by atoms with Gasteiger partial charge in [-0.3, -0.25) is 4.90 Å². The van der Waals surface area contributed by atoms with Crippen LogP contribution in [0.25, 0.3) is 11.1 Å². The molecule has 116 valence electrons. The zero-order valence-electron chi connectivity index (χ0n) is 12.5. The molecule has 0 atom stereocenters. The van der Waals surface area contributed by atoms with Gasteiger partial charge < -0.3 is 10.1 Å². The number of nitrogens with zero attached hydrogens (tertiary/aromatic N) is 2. The Morgan fingerprint density at radius 2 is 1.77 bits per heavy atom. The van der Waals surface area contributed by atoms with Crippen molar-refractivity contribution >= 4 is 17.4 Å². The molecular weight excluding hydrogens is 298 g/mol. The van der Waals surface area contributed by atoms with Crippen molar-refractivity contribution in [3.8, 4) is 11.1 Å². The van der Waals surface area contributed by atoms with Crippen molar-refractivity contribution in [1.29, 1.82) is 0 Å². The summed E-state index contributed by atoms with van der Waals surface area (Å²) in [7, 11) is 0. The van der Waals surface area contributed by atoms with Gasteiger partial charge in [0.2, 0.25) is 0 Å². The highest BCUT2D eigenvalue weighted by Crippen LogP contribution is 2.21. The summed E-state index contributed by atoms with van der Waals surface area (Å²) >= 11 is 5.91. The summed E-state index contributed by atoms with van der Waals surface area (Å²) in [6.45, 7) is 5.63. The number of hydrogen-bond acceptors (Lipinski definition) is 4. The minimum atomic E-state index is 0.748. The number of aromatic nitrogens is 1. The number of pyridine rings is 1. The van der Waals surface area contributed by atoms with Gasteiger partial charge in [-0.2, -0.15) is 0 Å². The molecule has 3 rings (SSSR count). The molecule has 1 aliphatic heterocycles. The second kappa shape index (κ2) is 7.58. The van der Waals surface area contributed by atoms with Crippen LogP contribution >= 0.6 is 11.6 Å². The van der Waals surface area contributed by atoms with Gasteiger partial charge in [0.25, 0.3) is 0 Å². The number of rotatable bonds is 5. The van der Waals surface area contributed by atoms with E-state index in [4.69, 9.17) is 16.3 Å². The fourth-order valence-corrected chi connectivity index (χ4v) is 2.60. The van der Waals surface area contributed by atoms with Gasteiger partial charge in [-0.05, 0) is 29.8 Å². The van der Waals surface area contributed by atoms with Crippen LogP contribution in [0, 0.1) is 0 Å². The lowest BCUT2D eigenvalue weighted by atomic mass is 10.1. The molecule has 0 unspecified atom stereocenters. The molecule has 0 spiro atoms. The van der Waals surface area contributed by atoms with Crippen molar-refractivity contribution in [1.82, 2.24) is 9.88 Å². The summed E-state index contributed by atoms with van der Waals surface area (Å²) in [4.78, 5) is 6.87. The molecule has 2 aromatic rings. The van der Waals surface area contributed by atoms with Crippen molar-refractivity contribution in [3.63, 3.8) is 0 Å². The summed E-state index contributed by atoms with van der Waals surface area (Å²) in [6, 6.07) is 11.9. The number of anilines is 1. The highest BCUT2D eigenvalue weighted by molar-refractivity contribution is 6.30. The van der Waals surface area contributed by atoms with Crippen LogP contribution < -0.4 is 5.32 Å². The van der Waals surface area contributed by atoms with Crippen LogP contribution in [-0.2, 0) is 4.74 Å². The first-order valence-corrected chi connectivity index (χ1v) is 7.95. The summed E-state index contributed by atoms with van der Waals surface area (Å²) in [5.41, 5.74) is 2.21. The van der Waals surface area contributed by atoms with E-state index in [1.165, 1.54) is 0 Å². The monoisotopic (exact) mass is 317 g/mol. The maximum atomic E-state index is 5.91. The van der Waals surface area contributed by atoms with Crippen LogP contribution in [0.3, 0.4) is 0 Å². The molecule has 1 saturated heterocycles. The van der Waals surface area contributed by atoms with Crippen molar-refractivity contribution in [2.45, 2.75) is 0 Å². The van der Waals surface area contributed by atoms with Gasteiger partial charge in [0.15, 0.2) is 0 Å². The fraction of sp³-hybridized carbons (Fsp3) is 0.353. The average molecular weight is 318 g/mol. The first-order chi connectivity index (χ1) is 10.8. The van der Waals surface area contributed by atoms with E-state index in [1.54, 1.807) is 0 Å².